The first-order chi connectivity index (χ1) is 9.24. The summed E-state index contributed by atoms with van der Waals surface area (Å²) in [6, 6.07) is 7.67. The predicted molar refractivity (Wildman–Crippen MR) is 74.0 cm³/mol. The Bertz CT molecular complexity index is 525. The quantitative estimate of drug-likeness (QED) is 0.835. The van der Waals surface area contributed by atoms with Gasteiger partial charge in [-0.25, -0.2) is 4.98 Å². The van der Waals surface area contributed by atoms with Crippen LogP contribution in [0.4, 0.5) is 0 Å². The normalized spacial score (nSPS) is 12.4. The van der Waals surface area contributed by atoms with Crippen LogP contribution in [0.25, 0.3) is 11.3 Å². The molecular weight excluding hydrogens is 242 g/mol. The number of H-pyrrole nitrogens is 1. The van der Waals surface area contributed by atoms with Gasteiger partial charge in [-0.2, -0.15) is 0 Å². The number of aromatic nitrogens is 2. The summed E-state index contributed by atoms with van der Waals surface area (Å²) >= 11 is 0. The zero-order valence-corrected chi connectivity index (χ0v) is 11.2. The fourth-order valence-corrected chi connectivity index (χ4v) is 1.84. The predicted octanol–water partition coefficient (Wildman–Crippen LogP) is 2.12. The first kappa shape index (κ1) is 13.6. The average molecular weight is 261 g/mol. The smallest absolute Gasteiger partial charge is 0.123 e. The van der Waals surface area contributed by atoms with Crippen molar-refractivity contribution in [2.75, 3.05) is 20.8 Å². The Hall–Kier alpha value is -1.85. The molecule has 2 aromatic rings. The van der Waals surface area contributed by atoms with Gasteiger partial charge in [0, 0.05) is 19.3 Å². The lowest BCUT2D eigenvalue weighted by Gasteiger charge is -2.07. The van der Waals surface area contributed by atoms with E-state index in [0.29, 0.717) is 6.61 Å². The summed E-state index contributed by atoms with van der Waals surface area (Å²) in [7, 11) is 3.31. The molecular formula is C14H19N3O2. The second-order valence-electron chi connectivity index (χ2n) is 4.30. The van der Waals surface area contributed by atoms with Crippen molar-refractivity contribution < 1.29 is 9.47 Å². The van der Waals surface area contributed by atoms with E-state index in [-0.39, 0.29) is 6.04 Å². The number of aromatic amines is 1. The minimum absolute atomic E-state index is 0.140. The van der Waals surface area contributed by atoms with Gasteiger partial charge in [0.1, 0.15) is 11.6 Å². The molecule has 5 nitrogen and oxygen atoms in total. The van der Waals surface area contributed by atoms with Crippen molar-refractivity contribution >= 4 is 0 Å². The van der Waals surface area contributed by atoms with E-state index in [0.717, 1.165) is 29.3 Å². The molecule has 19 heavy (non-hydrogen) atoms. The molecule has 102 valence electrons. The van der Waals surface area contributed by atoms with Crippen molar-refractivity contribution in [2.45, 2.75) is 12.5 Å². The third kappa shape index (κ3) is 3.33. The summed E-state index contributed by atoms with van der Waals surface area (Å²) in [5.41, 5.74) is 7.99. The fourth-order valence-electron chi connectivity index (χ4n) is 1.84. The number of nitrogens with zero attached hydrogens (tertiary/aromatic N) is 1. The number of nitrogens with two attached hydrogens (primary N) is 1. The summed E-state index contributed by atoms with van der Waals surface area (Å²) in [5.74, 6) is 1.59. The van der Waals surface area contributed by atoms with Crippen molar-refractivity contribution in [2.24, 2.45) is 5.73 Å². The van der Waals surface area contributed by atoms with Gasteiger partial charge in [-0.05, 0) is 18.6 Å². The number of nitrogens with one attached hydrogen (secondary N) is 1. The number of rotatable bonds is 6. The van der Waals surface area contributed by atoms with Crippen molar-refractivity contribution in [1.29, 1.82) is 0 Å². The summed E-state index contributed by atoms with van der Waals surface area (Å²) in [4.78, 5) is 7.57. The molecule has 0 spiro atoms. The lowest BCUT2D eigenvalue weighted by atomic mass is 10.1. The molecule has 1 atom stereocenters. The SMILES string of the molecule is COCCC(N)c1ncc(-c2cccc(OC)c2)[nH]1. The minimum Gasteiger partial charge on any atom is -0.497 e. The third-order valence-corrected chi connectivity index (χ3v) is 2.96. The van der Waals surface area contributed by atoms with Gasteiger partial charge in [0.25, 0.3) is 0 Å². The fraction of sp³-hybridized carbons (Fsp3) is 0.357. The molecule has 0 radical (unpaired) electrons. The molecule has 0 aliphatic rings. The van der Waals surface area contributed by atoms with Crippen LogP contribution in [0.5, 0.6) is 5.75 Å². The van der Waals surface area contributed by atoms with Gasteiger partial charge in [0.2, 0.25) is 0 Å². The number of hydrogen-bond donors (Lipinski definition) is 2. The zero-order valence-electron chi connectivity index (χ0n) is 11.2. The van der Waals surface area contributed by atoms with Crippen LogP contribution in [0.15, 0.2) is 30.5 Å². The van der Waals surface area contributed by atoms with Crippen LogP contribution in [0, 0.1) is 0 Å². The first-order valence-corrected chi connectivity index (χ1v) is 6.18. The van der Waals surface area contributed by atoms with E-state index in [1.165, 1.54) is 0 Å². The van der Waals surface area contributed by atoms with Crippen molar-refractivity contribution in [3.8, 4) is 17.0 Å². The number of ether oxygens (including phenoxy) is 2. The van der Waals surface area contributed by atoms with Gasteiger partial charge in [-0.15, -0.1) is 0 Å². The second kappa shape index (κ2) is 6.36. The number of imidazole rings is 1. The molecule has 3 N–H and O–H groups in total. The molecule has 1 aromatic carbocycles. The van der Waals surface area contributed by atoms with Gasteiger partial charge in [0.05, 0.1) is 25.0 Å². The zero-order chi connectivity index (χ0) is 13.7. The molecule has 1 aromatic heterocycles. The Morgan fingerprint density at radius 1 is 1.37 bits per heavy atom. The highest BCUT2D eigenvalue weighted by Gasteiger charge is 2.11. The van der Waals surface area contributed by atoms with E-state index in [1.807, 2.05) is 24.3 Å². The van der Waals surface area contributed by atoms with Crippen molar-refractivity contribution in [3.63, 3.8) is 0 Å². The highest BCUT2D eigenvalue weighted by atomic mass is 16.5. The molecule has 0 saturated carbocycles. The summed E-state index contributed by atoms with van der Waals surface area (Å²) < 4.78 is 10.2. The standard InChI is InChI=1S/C14H19N3O2/c1-18-7-6-12(15)14-16-9-13(17-14)10-4-3-5-11(8-10)19-2/h3-5,8-9,12H,6-7,15H2,1-2H3,(H,16,17). The maximum absolute atomic E-state index is 6.03. The Morgan fingerprint density at radius 3 is 2.95 bits per heavy atom. The molecule has 0 bridgehead atoms. The van der Waals surface area contributed by atoms with E-state index in [1.54, 1.807) is 20.4 Å². The maximum atomic E-state index is 6.03. The molecule has 0 aliphatic heterocycles. The van der Waals surface area contributed by atoms with Gasteiger partial charge in [-0.1, -0.05) is 12.1 Å². The summed E-state index contributed by atoms with van der Waals surface area (Å²) in [5, 5.41) is 0. The monoisotopic (exact) mass is 261 g/mol. The van der Waals surface area contributed by atoms with E-state index in [4.69, 9.17) is 15.2 Å². The van der Waals surface area contributed by atoms with Crippen LogP contribution in [0.3, 0.4) is 0 Å². The molecule has 0 fully saturated rings. The first-order valence-electron chi connectivity index (χ1n) is 6.18. The molecule has 2 rings (SSSR count). The van der Waals surface area contributed by atoms with Gasteiger partial charge in [-0.3, -0.25) is 0 Å². The number of hydrogen-bond acceptors (Lipinski definition) is 4. The third-order valence-electron chi connectivity index (χ3n) is 2.96. The van der Waals surface area contributed by atoms with Gasteiger partial charge >= 0.3 is 0 Å². The van der Waals surface area contributed by atoms with Crippen molar-refractivity contribution in [1.82, 2.24) is 9.97 Å². The highest BCUT2D eigenvalue weighted by Crippen LogP contribution is 2.23. The van der Waals surface area contributed by atoms with E-state index < -0.39 is 0 Å². The van der Waals surface area contributed by atoms with Crippen LogP contribution >= 0.6 is 0 Å². The van der Waals surface area contributed by atoms with E-state index in [2.05, 4.69) is 9.97 Å². The van der Waals surface area contributed by atoms with Crippen LogP contribution in [-0.4, -0.2) is 30.8 Å². The second-order valence-corrected chi connectivity index (χ2v) is 4.30. The van der Waals surface area contributed by atoms with Crippen LogP contribution < -0.4 is 10.5 Å². The Balaban J connectivity index is 2.15. The van der Waals surface area contributed by atoms with E-state index >= 15 is 0 Å². The number of methoxy groups -OCH3 is 2. The lowest BCUT2D eigenvalue weighted by molar-refractivity contribution is 0.187. The molecule has 5 heteroatoms. The van der Waals surface area contributed by atoms with E-state index in [9.17, 15) is 0 Å². The van der Waals surface area contributed by atoms with Gasteiger partial charge in [0.15, 0.2) is 0 Å². The van der Waals surface area contributed by atoms with Crippen LogP contribution in [0.2, 0.25) is 0 Å². The van der Waals surface area contributed by atoms with Crippen LogP contribution in [-0.2, 0) is 4.74 Å². The Labute approximate surface area is 112 Å². The summed E-state index contributed by atoms with van der Waals surface area (Å²) in [6.45, 7) is 0.621. The molecule has 1 heterocycles. The Kier molecular flexibility index (Phi) is 4.54. The largest absolute Gasteiger partial charge is 0.497 e. The van der Waals surface area contributed by atoms with Crippen molar-refractivity contribution in [3.05, 3.63) is 36.3 Å². The highest BCUT2D eigenvalue weighted by molar-refractivity contribution is 5.60. The molecule has 0 saturated heterocycles. The average Bonchev–Trinajstić information content (AvgIpc) is 2.94. The topological polar surface area (TPSA) is 73.2 Å². The molecule has 1 unspecified atom stereocenters. The van der Waals surface area contributed by atoms with Crippen LogP contribution in [0.1, 0.15) is 18.3 Å². The number of benzene rings is 1. The van der Waals surface area contributed by atoms with Gasteiger partial charge < -0.3 is 20.2 Å². The molecule has 0 aliphatic carbocycles. The minimum atomic E-state index is -0.140. The summed E-state index contributed by atoms with van der Waals surface area (Å²) in [6.07, 6.45) is 2.53. The lowest BCUT2D eigenvalue weighted by Crippen LogP contribution is -2.14. The molecule has 0 amide bonds. The Morgan fingerprint density at radius 2 is 2.21 bits per heavy atom. The maximum Gasteiger partial charge on any atom is 0.123 e.